The van der Waals surface area contributed by atoms with Gasteiger partial charge in [-0.15, -0.1) is 0 Å². The molecule has 0 bridgehead atoms. The molecule has 100 valence electrons. The molecule has 0 saturated carbocycles. The number of hydrogen-bond acceptors (Lipinski definition) is 3. The Kier molecular flexibility index (Phi) is 5.92. The molecule has 0 aliphatic rings. The zero-order chi connectivity index (χ0) is 13.7. The highest BCUT2D eigenvalue weighted by atomic mass is 32.2. The fraction of sp³-hybridized carbons (Fsp3) is 0.889. The number of rotatable bonds is 6. The van der Waals surface area contributed by atoms with E-state index in [4.69, 9.17) is 5.26 Å². The Labute approximate surface area is 99.1 Å². The van der Waals surface area contributed by atoms with Crippen LogP contribution in [0.2, 0.25) is 0 Å². The molecule has 4 nitrogen and oxygen atoms in total. The molecule has 0 atom stereocenters. The van der Waals surface area contributed by atoms with Crippen LogP contribution in [0.1, 0.15) is 26.7 Å². The van der Waals surface area contributed by atoms with Crippen LogP contribution in [0.5, 0.6) is 0 Å². The van der Waals surface area contributed by atoms with E-state index in [0.717, 1.165) is 4.31 Å². The maximum Gasteiger partial charge on any atom is 0.389 e. The molecule has 0 radical (unpaired) electrons. The van der Waals surface area contributed by atoms with Gasteiger partial charge in [-0.2, -0.15) is 22.7 Å². The number of sulfonamides is 1. The molecule has 0 N–H and O–H groups in total. The third-order valence-corrected chi connectivity index (χ3v) is 4.09. The van der Waals surface area contributed by atoms with Crippen molar-refractivity contribution in [3.63, 3.8) is 0 Å². The molecule has 0 spiro atoms. The average Bonchev–Trinajstić information content (AvgIpc) is 2.10. The first-order chi connectivity index (χ1) is 7.60. The normalized spacial score (nSPS) is 13.1. The lowest BCUT2D eigenvalue weighted by atomic mass is 10.3. The maximum atomic E-state index is 11.9. The van der Waals surface area contributed by atoms with E-state index in [9.17, 15) is 21.6 Å². The predicted molar refractivity (Wildman–Crippen MR) is 56.5 cm³/mol. The second kappa shape index (κ2) is 6.21. The third kappa shape index (κ3) is 6.48. The Morgan fingerprint density at radius 1 is 1.35 bits per heavy atom. The highest BCUT2D eigenvalue weighted by Crippen LogP contribution is 2.22. The topological polar surface area (TPSA) is 61.2 Å². The Balaban J connectivity index is 4.51. The quantitative estimate of drug-likeness (QED) is 0.694. The Morgan fingerprint density at radius 3 is 2.24 bits per heavy atom. The van der Waals surface area contributed by atoms with E-state index in [0.29, 0.717) is 0 Å². The second-order valence-corrected chi connectivity index (χ2v) is 5.87. The van der Waals surface area contributed by atoms with Gasteiger partial charge in [0.05, 0.1) is 11.8 Å². The number of halogens is 3. The van der Waals surface area contributed by atoms with Gasteiger partial charge in [0.2, 0.25) is 10.0 Å². The van der Waals surface area contributed by atoms with Gasteiger partial charge in [-0.25, -0.2) is 8.42 Å². The summed E-state index contributed by atoms with van der Waals surface area (Å²) < 4.78 is 59.9. The van der Waals surface area contributed by atoms with Gasteiger partial charge < -0.3 is 0 Å². The summed E-state index contributed by atoms with van der Waals surface area (Å²) in [5.74, 6) is -0.591. The molecular formula is C9H15F3N2O2S. The van der Waals surface area contributed by atoms with E-state index in [-0.39, 0.29) is 6.54 Å². The highest BCUT2D eigenvalue weighted by molar-refractivity contribution is 7.89. The second-order valence-electron chi connectivity index (χ2n) is 3.83. The van der Waals surface area contributed by atoms with Crippen molar-refractivity contribution in [2.24, 2.45) is 0 Å². The third-order valence-electron chi connectivity index (χ3n) is 2.02. The predicted octanol–water partition coefficient (Wildman–Crippen LogP) is 1.89. The molecule has 0 aromatic rings. The SMILES string of the molecule is CC(C)N(CC#N)S(=O)(=O)CCCC(F)(F)F. The van der Waals surface area contributed by atoms with Crippen molar-refractivity contribution in [2.75, 3.05) is 12.3 Å². The Morgan fingerprint density at radius 2 is 1.88 bits per heavy atom. The molecule has 17 heavy (non-hydrogen) atoms. The van der Waals surface area contributed by atoms with Gasteiger partial charge in [-0.3, -0.25) is 0 Å². The lowest BCUT2D eigenvalue weighted by molar-refractivity contribution is -0.134. The molecule has 0 aliphatic carbocycles. The summed E-state index contributed by atoms with van der Waals surface area (Å²) in [7, 11) is -3.80. The van der Waals surface area contributed by atoms with E-state index in [1.165, 1.54) is 0 Å². The van der Waals surface area contributed by atoms with E-state index >= 15 is 0 Å². The van der Waals surface area contributed by atoms with Crippen LogP contribution in [0, 0.1) is 11.3 Å². The monoisotopic (exact) mass is 272 g/mol. The first-order valence-electron chi connectivity index (χ1n) is 5.03. The van der Waals surface area contributed by atoms with Crippen LogP contribution >= 0.6 is 0 Å². The van der Waals surface area contributed by atoms with E-state index in [2.05, 4.69) is 0 Å². The molecule has 0 rings (SSSR count). The molecule has 8 heteroatoms. The van der Waals surface area contributed by atoms with E-state index in [1.807, 2.05) is 0 Å². The summed E-state index contributed by atoms with van der Waals surface area (Å²) in [6.07, 6.45) is -5.97. The van der Waals surface area contributed by atoms with Crippen molar-refractivity contribution >= 4 is 10.0 Å². The fourth-order valence-electron chi connectivity index (χ4n) is 1.24. The number of alkyl halides is 3. The van der Waals surface area contributed by atoms with Gasteiger partial charge in [0.25, 0.3) is 0 Å². The van der Waals surface area contributed by atoms with Crippen LogP contribution in [-0.4, -0.2) is 37.2 Å². The molecule has 0 aliphatic heterocycles. The summed E-state index contributed by atoms with van der Waals surface area (Å²) in [4.78, 5) is 0. The van der Waals surface area contributed by atoms with Gasteiger partial charge in [0.1, 0.15) is 6.54 Å². The average molecular weight is 272 g/mol. The minimum absolute atomic E-state index is 0.341. The minimum Gasteiger partial charge on any atom is -0.212 e. The molecule has 0 heterocycles. The first kappa shape index (κ1) is 16.2. The van der Waals surface area contributed by atoms with Gasteiger partial charge in [-0.1, -0.05) is 0 Å². The van der Waals surface area contributed by atoms with Crippen molar-refractivity contribution in [1.29, 1.82) is 5.26 Å². The van der Waals surface area contributed by atoms with Crippen molar-refractivity contribution in [2.45, 2.75) is 38.9 Å². The minimum atomic E-state index is -4.35. The van der Waals surface area contributed by atoms with Crippen molar-refractivity contribution in [3.8, 4) is 6.07 Å². The lowest BCUT2D eigenvalue weighted by Gasteiger charge is -2.23. The first-order valence-corrected chi connectivity index (χ1v) is 6.64. The van der Waals surface area contributed by atoms with Crippen LogP contribution < -0.4 is 0 Å². The van der Waals surface area contributed by atoms with Crippen molar-refractivity contribution < 1.29 is 21.6 Å². The summed E-state index contributed by atoms with van der Waals surface area (Å²) in [5, 5.41) is 8.47. The highest BCUT2D eigenvalue weighted by Gasteiger charge is 2.29. The van der Waals surface area contributed by atoms with Crippen LogP contribution in [0.3, 0.4) is 0 Å². The van der Waals surface area contributed by atoms with E-state index in [1.54, 1.807) is 19.9 Å². The smallest absolute Gasteiger partial charge is 0.212 e. The van der Waals surface area contributed by atoms with Gasteiger partial charge >= 0.3 is 6.18 Å². The Bertz CT molecular complexity index is 371. The molecule has 0 aromatic heterocycles. The molecular weight excluding hydrogens is 257 g/mol. The molecule has 0 unspecified atom stereocenters. The standard InChI is InChI=1S/C9H15F3N2O2S/c1-8(2)14(6-5-13)17(15,16)7-3-4-9(10,11)12/h8H,3-4,6-7H2,1-2H3. The molecule has 0 aromatic carbocycles. The summed E-state index contributed by atoms with van der Waals surface area (Å²) in [6, 6.07) is 1.25. The molecule has 0 saturated heterocycles. The lowest BCUT2D eigenvalue weighted by Crippen LogP contribution is -2.38. The van der Waals surface area contributed by atoms with Gasteiger partial charge in [0.15, 0.2) is 0 Å². The van der Waals surface area contributed by atoms with Gasteiger partial charge in [-0.05, 0) is 20.3 Å². The van der Waals surface area contributed by atoms with Gasteiger partial charge in [0, 0.05) is 12.5 Å². The van der Waals surface area contributed by atoms with Crippen LogP contribution in [0.4, 0.5) is 13.2 Å². The fourth-order valence-corrected chi connectivity index (χ4v) is 2.88. The Hall–Kier alpha value is -0.810. The molecule has 0 fully saturated rings. The van der Waals surface area contributed by atoms with Crippen LogP contribution in [0.15, 0.2) is 0 Å². The number of nitrogens with zero attached hydrogens (tertiary/aromatic N) is 2. The van der Waals surface area contributed by atoms with Crippen LogP contribution in [-0.2, 0) is 10.0 Å². The summed E-state index contributed by atoms with van der Waals surface area (Å²) >= 11 is 0. The van der Waals surface area contributed by atoms with Crippen molar-refractivity contribution in [1.82, 2.24) is 4.31 Å². The van der Waals surface area contributed by atoms with Crippen LogP contribution in [0.25, 0.3) is 0 Å². The summed E-state index contributed by atoms with van der Waals surface area (Å²) in [5.41, 5.74) is 0. The van der Waals surface area contributed by atoms with Crippen molar-refractivity contribution in [3.05, 3.63) is 0 Å². The van der Waals surface area contributed by atoms with E-state index < -0.39 is 40.8 Å². The number of nitriles is 1. The zero-order valence-electron chi connectivity index (χ0n) is 9.66. The number of hydrogen-bond donors (Lipinski definition) is 0. The summed E-state index contributed by atoms with van der Waals surface area (Å²) in [6.45, 7) is 2.79. The zero-order valence-corrected chi connectivity index (χ0v) is 10.5. The largest absolute Gasteiger partial charge is 0.389 e. The maximum absolute atomic E-state index is 11.9. The molecule has 0 amide bonds.